The molecule has 1 atom stereocenters. The van der Waals surface area contributed by atoms with Gasteiger partial charge in [-0.25, -0.2) is 4.98 Å². The number of hydrogen-bond acceptors (Lipinski definition) is 4. The maximum absolute atomic E-state index is 12.5. The molecule has 5 nitrogen and oxygen atoms in total. The number of rotatable bonds is 3. The summed E-state index contributed by atoms with van der Waals surface area (Å²) >= 11 is 0. The average molecular weight is 274 g/mol. The number of aliphatic hydroxyl groups is 1. The minimum Gasteiger partial charge on any atom is -0.395 e. The molecule has 2 rings (SSSR count). The van der Waals surface area contributed by atoms with Crippen molar-refractivity contribution in [3.63, 3.8) is 0 Å². The number of carbonyl (C=O) groups is 1. The molecule has 20 heavy (non-hydrogen) atoms. The maximum atomic E-state index is 12.5. The van der Waals surface area contributed by atoms with Crippen molar-refractivity contribution in [3.8, 4) is 11.8 Å². The van der Waals surface area contributed by atoms with Crippen LogP contribution in [0.25, 0.3) is 0 Å². The van der Waals surface area contributed by atoms with Crippen molar-refractivity contribution < 1.29 is 14.6 Å². The van der Waals surface area contributed by atoms with E-state index in [4.69, 9.17) is 9.84 Å². The molecule has 1 fully saturated rings. The van der Waals surface area contributed by atoms with Crippen LogP contribution >= 0.6 is 0 Å². The molecule has 1 aliphatic heterocycles. The molecule has 1 aromatic rings. The van der Waals surface area contributed by atoms with Crippen molar-refractivity contribution >= 4 is 5.91 Å². The van der Waals surface area contributed by atoms with Crippen LogP contribution in [0.15, 0.2) is 18.3 Å². The highest BCUT2D eigenvalue weighted by Gasteiger charge is 2.26. The molecule has 1 amide bonds. The summed E-state index contributed by atoms with van der Waals surface area (Å²) in [5, 5.41) is 8.75. The number of carbonyl (C=O) groups excluding carboxylic acids is 1. The lowest BCUT2D eigenvalue weighted by Gasteiger charge is -2.23. The molecular formula is C15H18N2O3. The van der Waals surface area contributed by atoms with Crippen molar-refractivity contribution in [1.29, 1.82) is 0 Å². The molecule has 0 aromatic carbocycles. The van der Waals surface area contributed by atoms with Crippen LogP contribution in [0.2, 0.25) is 0 Å². The highest BCUT2D eigenvalue weighted by atomic mass is 16.5. The molecule has 0 saturated carbocycles. The van der Waals surface area contributed by atoms with E-state index in [1.807, 2.05) is 0 Å². The zero-order valence-electron chi connectivity index (χ0n) is 11.5. The van der Waals surface area contributed by atoms with Gasteiger partial charge in [0.05, 0.1) is 24.8 Å². The van der Waals surface area contributed by atoms with Crippen LogP contribution in [0.1, 0.15) is 28.9 Å². The summed E-state index contributed by atoms with van der Waals surface area (Å²) in [7, 11) is 1.77. The summed E-state index contributed by atoms with van der Waals surface area (Å²) in [4.78, 5) is 18.3. The molecule has 1 unspecified atom stereocenters. The predicted octanol–water partition coefficient (Wildman–Crippen LogP) is 0.676. The van der Waals surface area contributed by atoms with Gasteiger partial charge in [0.25, 0.3) is 5.91 Å². The highest BCUT2D eigenvalue weighted by molar-refractivity contribution is 5.94. The molecule has 1 saturated heterocycles. The molecular weight excluding hydrogens is 256 g/mol. The van der Waals surface area contributed by atoms with E-state index in [2.05, 4.69) is 16.8 Å². The minimum atomic E-state index is -0.144. The standard InChI is InChI=1S/C15H18N2O3/c1-17(13-7-10-20-11-13)15(19)14-12(5-2-3-9-18)6-4-8-16-14/h4,6,8,13,18H,3,7,9-11H2,1H3. The quantitative estimate of drug-likeness (QED) is 0.823. The summed E-state index contributed by atoms with van der Waals surface area (Å²) < 4.78 is 5.30. The molecule has 1 N–H and O–H groups in total. The molecule has 0 spiro atoms. The van der Waals surface area contributed by atoms with Crippen LogP contribution in [0, 0.1) is 11.8 Å². The Hall–Kier alpha value is -1.90. The van der Waals surface area contributed by atoms with Crippen molar-refractivity contribution in [1.82, 2.24) is 9.88 Å². The van der Waals surface area contributed by atoms with Crippen molar-refractivity contribution in [2.24, 2.45) is 0 Å². The van der Waals surface area contributed by atoms with Crippen LogP contribution in [0.3, 0.4) is 0 Å². The van der Waals surface area contributed by atoms with Gasteiger partial charge in [0.1, 0.15) is 5.69 Å². The zero-order valence-corrected chi connectivity index (χ0v) is 11.5. The summed E-state index contributed by atoms with van der Waals surface area (Å²) in [6, 6.07) is 3.62. The SMILES string of the molecule is CN(C(=O)c1ncccc1C#CCCO)C1CCOC1. The second-order valence-electron chi connectivity index (χ2n) is 4.61. The number of hydrogen-bond donors (Lipinski definition) is 1. The lowest BCUT2D eigenvalue weighted by atomic mass is 10.1. The van der Waals surface area contributed by atoms with Crippen LogP contribution in [0.5, 0.6) is 0 Å². The van der Waals surface area contributed by atoms with E-state index in [1.165, 1.54) is 0 Å². The van der Waals surface area contributed by atoms with Crippen LogP contribution in [0.4, 0.5) is 0 Å². The number of pyridine rings is 1. The third kappa shape index (κ3) is 3.35. The molecule has 0 aliphatic carbocycles. The number of ether oxygens (including phenoxy) is 1. The summed E-state index contributed by atoms with van der Waals surface area (Å²) in [6.45, 7) is 1.27. The minimum absolute atomic E-state index is 0.00978. The smallest absolute Gasteiger partial charge is 0.273 e. The largest absolute Gasteiger partial charge is 0.395 e. The van der Waals surface area contributed by atoms with Gasteiger partial charge in [0.2, 0.25) is 0 Å². The molecule has 5 heteroatoms. The van der Waals surface area contributed by atoms with E-state index in [9.17, 15) is 4.79 Å². The Kier molecular flexibility index (Phi) is 5.10. The third-order valence-electron chi connectivity index (χ3n) is 3.24. The Morgan fingerprint density at radius 3 is 3.20 bits per heavy atom. The number of aliphatic hydroxyl groups excluding tert-OH is 1. The van der Waals surface area contributed by atoms with Crippen LogP contribution < -0.4 is 0 Å². The fraction of sp³-hybridized carbons (Fsp3) is 0.467. The van der Waals surface area contributed by atoms with Crippen LogP contribution in [-0.4, -0.2) is 53.8 Å². The number of nitrogens with zero attached hydrogens (tertiary/aromatic N) is 2. The predicted molar refractivity (Wildman–Crippen MR) is 74.1 cm³/mol. The van der Waals surface area contributed by atoms with Gasteiger partial charge in [0, 0.05) is 26.3 Å². The van der Waals surface area contributed by atoms with E-state index < -0.39 is 0 Å². The van der Waals surface area contributed by atoms with E-state index in [-0.39, 0.29) is 18.6 Å². The second kappa shape index (κ2) is 7.04. The highest BCUT2D eigenvalue weighted by Crippen LogP contribution is 2.15. The van der Waals surface area contributed by atoms with Crippen molar-refractivity contribution in [2.45, 2.75) is 18.9 Å². The first-order valence-electron chi connectivity index (χ1n) is 6.63. The third-order valence-corrected chi connectivity index (χ3v) is 3.24. The number of amides is 1. The second-order valence-corrected chi connectivity index (χ2v) is 4.61. The Morgan fingerprint density at radius 2 is 2.50 bits per heavy atom. The van der Waals surface area contributed by atoms with Gasteiger partial charge >= 0.3 is 0 Å². The fourth-order valence-corrected chi connectivity index (χ4v) is 2.05. The van der Waals surface area contributed by atoms with Gasteiger partial charge < -0.3 is 14.7 Å². The average Bonchev–Trinajstić information content (AvgIpc) is 3.01. The molecule has 0 radical (unpaired) electrons. The van der Waals surface area contributed by atoms with Crippen molar-refractivity contribution in [2.75, 3.05) is 26.9 Å². The van der Waals surface area contributed by atoms with E-state index in [1.54, 1.807) is 30.3 Å². The first kappa shape index (κ1) is 14.5. The summed E-state index contributed by atoms with van der Waals surface area (Å²) in [5.74, 6) is 5.56. The van der Waals surface area contributed by atoms with Gasteiger partial charge in [-0.2, -0.15) is 0 Å². The molecule has 2 heterocycles. The lowest BCUT2D eigenvalue weighted by Crippen LogP contribution is -2.38. The molecule has 0 bridgehead atoms. The van der Waals surface area contributed by atoms with Gasteiger partial charge in [0.15, 0.2) is 0 Å². The topological polar surface area (TPSA) is 62.7 Å². The summed E-state index contributed by atoms with van der Waals surface area (Å²) in [5.41, 5.74) is 0.948. The zero-order chi connectivity index (χ0) is 14.4. The Bertz CT molecular complexity index is 527. The van der Waals surface area contributed by atoms with E-state index in [0.29, 0.717) is 30.9 Å². The molecule has 1 aromatic heterocycles. The number of aromatic nitrogens is 1. The fourth-order valence-electron chi connectivity index (χ4n) is 2.05. The van der Waals surface area contributed by atoms with Crippen molar-refractivity contribution in [3.05, 3.63) is 29.6 Å². The molecule has 1 aliphatic rings. The Morgan fingerprint density at radius 1 is 1.65 bits per heavy atom. The van der Waals surface area contributed by atoms with Gasteiger partial charge in [-0.1, -0.05) is 11.8 Å². The van der Waals surface area contributed by atoms with E-state index >= 15 is 0 Å². The molecule has 106 valence electrons. The van der Waals surface area contributed by atoms with E-state index in [0.717, 1.165) is 6.42 Å². The first-order valence-corrected chi connectivity index (χ1v) is 6.63. The van der Waals surface area contributed by atoms with Gasteiger partial charge in [-0.3, -0.25) is 4.79 Å². The Labute approximate surface area is 118 Å². The monoisotopic (exact) mass is 274 g/mol. The first-order chi connectivity index (χ1) is 9.74. The normalized spacial score (nSPS) is 17.4. The lowest BCUT2D eigenvalue weighted by molar-refractivity contribution is 0.0705. The van der Waals surface area contributed by atoms with Gasteiger partial charge in [-0.15, -0.1) is 0 Å². The Balaban J connectivity index is 2.19. The maximum Gasteiger partial charge on any atom is 0.273 e. The summed E-state index contributed by atoms with van der Waals surface area (Å²) in [6.07, 6.45) is 2.82. The number of likely N-dealkylation sites (N-methyl/N-ethyl adjacent to an activating group) is 1. The van der Waals surface area contributed by atoms with Gasteiger partial charge in [-0.05, 0) is 18.6 Å². The van der Waals surface area contributed by atoms with Crippen LogP contribution in [-0.2, 0) is 4.74 Å².